The first-order valence-corrected chi connectivity index (χ1v) is 9.61. The van der Waals surface area contributed by atoms with Crippen LogP contribution in [-0.4, -0.2) is 41.7 Å². The Morgan fingerprint density at radius 2 is 2.17 bits per heavy atom. The second-order valence-electron chi connectivity index (χ2n) is 6.87. The molecule has 0 aromatic heterocycles. The summed E-state index contributed by atoms with van der Waals surface area (Å²) in [7, 11) is 0. The standard InChI is InChI=1S/C18H28N2O2S/c1-18(2,3)22-17(21)20-11-9-14-7-5-8-16(15(14)13-20)19-10-6-12-23-4/h5,7-8,19H,6,9-13H2,1-4H3. The van der Waals surface area contributed by atoms with Gasteiger partial charge in [0.15, 0.2) is 0 Å². The Labute approximate surface area is 144 Å². The van der Waals surface area contributed by atoms with Gasteiger partial charge in [-0.15, -0.1) is 0 Å². The van der Waals surface area contributed by atoms with Crippen molar-refractivity contribution in [3.63, 3.8) is 0 Å². The van der Waals surface area contributed by atoms with Crippen molar-refractivity contribution in [1.82, 2.24) is 4.90 Å². The van der Waals surface area contributed by atoms with Crippen molar-refractivity contribution in [2.24, 2.45) is 0 Å². The molecule has 5 heteroatoms. The van der Waals surface area contributed by atoms with Crippen LogP contribution in [0.2, 0.25) is 0 Å². The molecular weight excluding hydrogens is 308 g/mol. The third-order valence-corrected chi connectivity index (χ3v) is 4.46. The SMILES string of the molecule is CSCCCNc1cccc2c1CN(C(=O)OC(C)(C)C)CC2. The highest BCUT2D eigenvalue weighted by Gasteiger charge is 2.26. The fourth-order valence-corrected chi connectivity index (χ4v) is 3.10. The van der Waals surface area contributed by atoms with E-state index in [2.05, 4.69) is 29.8 Å². The van der Waals surface area contributed by atoms with E-state index in [1.807, 2.05) is 32.5 Å². The Hall–Kier alpha value is -1.36. The van der Waals surface area contributed by atoms with Gasteiger partial charge in [0.25, 0.3) is 0 Å². The molecule has 0 saturated carbocycles. The maximum absolute atomic E-state index is 12.3. The number of nitrogens with one attached hydrogen (secondary N) is 1. The summed E-state index contributed by atoms with van der Waals surface area (Å²) in [5.41, 5.74) is 3.26. The third kappa shape index (κ3) is 5.34. The summed E-state index contributed by atoms with van der Waals surface area (Å²) >= 11 is 1.87. The van der Waals surface area contributed by atoms with Crippen LogP contribution >= 0.6 is 11.8 Å². The fourth-order valence-electron chi connectivity index (χ4n) is 2.67. The van der Waals surface area contributed by atoms with Crippen molar-refractivity contribution in [3.05, 3.63) is 29.3 Å². The predicted molar refractivity (Wildman–Crippen MR) is 98.3 cm³/mol. The van der Waals surface area contributed by atoms with Crippen molar-refractivity contribution < 1.29 is 9.53 Å². The van der Waals surface area contributed by atoms with Crippen LogP contribution in [0.15, 0.2) is 18.2 Å². The zero-order valence-corrected chi connectivity index (χ0v) is 15.5. The van der Waals surface area contributed by atoms with Crippen LogP contribution in [0, 0.1) is 0 Å². The summed E-state index contributed by atoms with van der Waals surface area (Å²) in [4.78, 5) is 14.1. The van der Waals surface area contributed by atoms with Crippen molar-refractivity contribution in [1.29, 1.82) is 0 Å². The maximum atomic E-state index is 12.3. The van der Waals surface area contributed by atoms with Gasteiger partial charge in [0.05, 0.1) is 6.54 Å². The molecule has 23 heavy (non-hydrogen) atoms. The summed E-state index contributed by atoms with van der Waals surface area (Å²) in [6.07, 6.45) is 3.93. The Kier molecular flexibility index (Phi) is 6.22. The fraction of sp³-hybridized carbons (Fsp3) is 0.611. The molecular formula is C18H28N2O2S. The highest BCUT2D eigenvalue weighted by Crippen LogP contribution is 2.27. The van der Waals surface area contributed by atoms with E-state index in [1.54, 1.807) is 4.90 Å². The zero-order chi connectivity index (χ0) is 16.9. The molecule has 0 fully saturated rings. The van der Waals surface area contributed by atoms with Crippen molar-refractivity contribution in [2.75, 3.05) is 30.4 Å². The molecule has 1 aliphatic rings. The normalized spacial score (nSPS) is 14.3. The number of rotatable bonds is 5. The minimum Gasteiger partial charge on any atom is -0.444 e. The lowest BCUT2D eigenvalue weighted by Gasteiger charge is -2.32. The molecule has 2 rings (SSSR count). The number of carbonyl (C=O) groups is 1. The summed E-state index contributed by atoms with van der Waals surface area (Å²) in [6.45, 7) is 8.02. The Balaban J connectivity index is 2.04. The van der Waals surface area contributed by atoms with Gasteiger partial charge in [0.1, 0.15) is 5.60 Å². The number of thioether (sulfide) groups is 1. The first kappa shape index (κ1) is 18.0. The molecule has 128 valence electrons. The van der Waals surface area contributed by atoms with Gasteiger partial charge in [-0.2, -0.15) is 11.8 Å². The van der Waals surface area contributed by atoms with Crippen LogP contribution in [0.3, 0.4) is 0 Å². The molecule has 4 nitrogen and oxygen atoms in total. The van der Waals surface area contributed by atoms with E-state index in [0.29, 0.717) is 6.54 Å². The second-order valence-corrected chi connectivity index (χ2v) is 7.85. The first-order valence-electron chi connectivity index (χ1n) is 8.22. The van der Waals surface area contributed by atoms with Gasteiger partial charge in [-0.25, -0.2) is 4.79 Å². The van der Waals surface area contributed by atoms with Crippen LogP contribution in [0.4, 0.5) is 10.5 Å². The molecule has 0 unspecified atom stereocenters. The molecule has 0 atom stereocenters. The van der Waals surface area contributed by atoms with Crippen LogP contribution in [0.1, 0.15) is 38.3 Å². The minimum atomic E-state index is -0.451. The molecule has 0 spiro atoms. The van der Waals surface area contributed by atoms with Gasteiger partial charge in [0, 0.05) is 18.8 Å². The van der Waals surface area contributed by atoms with E-state index < -0.39 is 5.60 Å². The number of fused-ring (bicyclic) bond motifs is 1. The summed E-state index contributed by atoms with van der Waals surface area (Å²) in [5, 5.41) is 3.52. The lowest BCUT2D eigenvalue weighted by Crippen LogP contribution is -2.40. The maximum Gasteiger partial charge on any atom is 0.410 e. The number of hydrogen-bond donors (Lipinski definition) is 1. The predicted octanol–water partition coefficient (Wildman–Crippen LogP) is 4.14. The molecule has 1 aliphatic heterocycles. The van der Waals surface area contributed by atoms with E-state index in [9.17, 15) is 4.79 Å². The average Bonchev–Trinajstić information content (AvgIpc) is 2.49. The van der Waals surface area contributed by atoms with Crippen LogP contribution in [0.25, 0.3) is 0 Å². The summed E-state index contributed by atoms with van der Waals surface area (Å²) < 4.78 is 5.51. The van der Waals surface area contributed by atoms with E-state index in [4.69, 9.17) is 4.74 Å². The summed E-state index contributed by atoms with van der Waals surface area (Å²) in [6, 6.07) is 6.37. The molecule has 0 bridgehead atoms. The highest BCUT2D eigenvalue weighted by molar-refractivity contribution is 7.98. The Morgan fingerprint density at radius 3 is 2.87 bits per heavy atom. The Bertz CT molecular complexity index is 540. The van der Waals surface area contributed by atoms with Gasteiger partial charge in [-0.3, -0.25) is 0 Å². The van der Waals surface area contributed by atoms with Gasteiger partial charge >= 0.3 is 6.09 Å². The van der Waals surface area contributed by atoms with E-state index in [0.717, 1.165) is 37.4 Å². The van der Waals surface area contributed by atoms with E-state index in [-0.39, 0.29) is 6.09 Å². The molecule has 1 amide bonds. The van der Waals surface area contributed by atoms with Crippen molar-refractivity contribution in [3.8, 4) is 0 Å². The van der Waals surface area contributed by atoms with Gasteiger partial charge in [-0.1, -0.05) is 12.1 Å². The molecule has 1 aromatic rings. The lowest BCUT2D eigenvalue weighted by atomic mass is 9.98. The van der Waals surface area contributed by atoms with Gasteiger partial charge in [-0.05, 0) is 62.8 Å². The topological polar surface area (TPSA) is 41.6 Å². The van der Waals surface area contributed by atoms with Crippen LogP contribution in [-0.2, 0) is 17.7 Å². The number of anilines is 1. The average molecular weight is 337 g/mol. The first-order chi connectivity index (χ1) is 10.9. The van der Waals surface area contributed by atoms with Gasteiger partial charge < -0.3 is 15.0 Å². The van der Waals surface area contributed by atoms with Crippen molar-refractivity contribution >= 4 is 23.5 Å². The number of nitrogens with zero attached hydrogens (tertiary/aromatic N) is 1. The van der Waals surface area contributed by atoms with Crippen molar-refractivity contribution in [2.45, 2.75) is 45.8 Å². The number of ether oxygens (including phenoxy) is 1. The third-order valence-electron chi connectivity index (χ3n) is 3.77. The smallest absolute Gasteiger partial charge is 0.410 e. The van der Waals surface area contributed by atoms with Crippen LogP contribution in [0.5, 0.6) is 0 Å². The molecule has 0 radical (unpaired) electrons. The number of hydrogen-bond acceptors (Lipinski definition) is 4. The number of carbonyl (C=O) groups excluding carboxylic acids is 1. The molecule has 0 aliphatic carbocycles. The highest BCUT2D eigenvalue weighted by atomic mass is 32.2. The van der Waals surface area contributed by atoms with Gasteiger partial charge in [0.2, 0.25) is 0 Å². The second kappa shape index (κ2) is 7.95. The molecule has 1 N–H and O–H groups in total. The number of benzene rings is 1. The van der Waals surface area contributed by atoms with E-state index >= 15 is 0 Å². The van der Waals surface area contributed by atoms with Crippen LogP contribution < -0.4 is 5.32 Å². The molecule has 1 aromatic carbocycles. The van der Waals surface area contributed by atoms with E-state index in [1.165, 1.54) is 11.1 Å². The minimum absolute atomic E-state index is 0.222. The molecule has 0 saturated heterocycles. The Morgan fingerprint density at radius 1 is 1.39 bits per heavy atom. The molecule has 1 heterocycles. The lowest BCUT2D eigenvalue weighted by molar-refractivity contribution is 0.0224. The quantitative estimate of drug-likeness (QED) is 0.820. The number of amides is 1. The zero-order valence-electron chi connectivity index (χ0n) is 14.6. The summed E-state index contributed by atoms with van der Waals surface area (Å²) in [5.74, 6) is 1.16. The largest absolute Gasteiger partial charge is 0.444 e. The monoisotopic (exact) mass is 336 g/mol.